The fourth-order valence-electron chi connectivity index (χ4n) is 2.98. The van der Waals surface area contributed by atoms with Crippen LogP contribution in [0.5, 0.6) is 0 Å². The lowest BCUT2D eigenvalue weighted by molar-refractivity contribution is 0.0216. The van der Waals surface area contributed by atoms with Crippen LogP contribution in [0.2, 0.25) is 0 Å². The minimum absolute atomic E-state index is 0.0572. The molecule has 23 heavy (non-hydrogen) atoms. The largest absolute Gasteiger partial charge is 0.458 e. The molecule has 7 heteroatoms. The molecule has 0 amide bonds. The van der Waals surface area contributed by atoms with Crippen LogP contribution in [0.15, 0.2) is 6.33 Å². The minimum Gasteiger partial charge on any atom is -0.458 e. The van der Waals surface area contributed by atoms with Gasteiger partial charge in [-0.05, 0) is 38.2 Å². The standard InChI is InChI=1S/C16H22N4O2S/c1-10-12-14(18-8-7-17)19-9-20-15(12)23-13(10)16(21)22-11-5-3-2-4-6-11/h9,11H,2-8,17H2,1H3,(H,18,19,20). The van der Waals surface area contributed by atoms with E-state index in [4.69, 9.17) is 10.5 Å². The van der Waals surface area contributed by atoms with Gasteiger partial charge in [0.15, 0.2) is 0 Å². The molecule has 1 fully saturated rings. The Hall–Kier alpha value is -1.73. The summed E-state index contributed by atoms with van der Waals surface area (Å²) in [7, 11) is 0. The Balaban J connectivity index is 1.86. The highest BCUT2D eigenvalue weighted by Crippen LogP contribution is 2.34. The van der Waals surface area contributed by atoms with Crippen LogP contribution in [0.1, 0.15) is 47.3 Å². The van der Waals surface area contributed by atoms with Gasteiger partial charge in [-0.3, -0.25) is 0 Å². The molecule has 0 spiro atoms. The SMILES string of the molecule is Cc1c(C(=O)OC2CCCCC2)sc2ncnc(NCCN)c12. The van der Waals surface area contributed by atoms with E-state index in [1.165, 1.54) is 24.1 Å². The van der Waals surface area contributed by atoms with E-state index in [0.29, 0.717) is 18.0 Å². The number of hydrogen-bond donors (Lipinski definition) is 2. The molecule has 124 valence electrons. The summed E-state index contributed by atoms with van der Waals surface area (Å²) in [6.45, 7) is 3.07. The number of carbonyl (C=O) groups excluding carboxylic acids is 1. The molecule has 0 aromatic carbocycles. The van der Waals surface area contributed by atoms with E-state index in [0.717, 1.165) is 47.3 Å². The average Bonchev–Trinajstić information content (AvgIpc) is 2.91. The summed E-state index contributed by atoms with van der Waals surface area (Å²) in [5.74, 6) is 0.494. The van der Waals surface area contributed by atoms with Gasteiger partial charge in [0, 0.05) is 13.1 Å². The topological polar surface area (TPSA) is 90.1 Å². The predicted molar refractivity (Wildman–Crippen MR) is 92.0 cm³/mol. The van der Waals surface area contributed by atoms with Crippen molar-refractivity contribution in [2.75, 3.05) is 18.4 Å². The normalized spacial score (nSPS) is 15.7. The number of aromatic nitrogens is 2. The van der Waals surface area contributed by atoms with Gasteiger partial charge >= 0.3 is 5.97 Å². The highest BCUT2D eigenvalue weighted by atomic mass is 32.1. The highest BCUT2D eigenvalue weighted by Gasteiger charge is 2.24. The molecule has 3 rings (SSSR count). The summed E-state index contributed by atoms with van der Waals surface area (Å²) in [6, 6.07) is 0. The molecule has 1 saturated carbocycles. The van der Waals surface area contributed by atoms with Crippen LogP contribution < -0.4 is 11.1 Å². The summed E-state index contributed by atoms with van der Waals surface area (Å²) >= 11 is 1.37. The van der Waals surface area contributed by atoms with Crippen LogP contribution in [0.3, 0.4) is 0 Å². The van der Waals surface area contributed by atoms with Gasteiger partial charge in [-0.2, -0.15) is 0 Å². The van der Waals surface area contributed by atoms with E-state index in [1.807, 2.05) is 6.92 Å². The molecule has 0 radical (unpaired) electrons. The number of carbonyl (C=O) groups is 1. The maximum atomic E-state index is 12.5. The molecule has 3 N–H and O–H groups in total. The molecule has 2 aromatic rings. The zero-order chi connectivity index (χ0) is 16.2. The van der Waals surface area contributed by atoms with Crippen LogP contribution in [0.4, 0.5) is 5.82 Å². The molecule has 0 unspecified atom stereocenters. The Bertz CT molecular complexity index is 695. The van der Waals surface area contributed by atoms with Gasteiger partial charge in [-0.25, -0.2) is 14.8 Å². The quantitative estimate of drug-likeness (QED) is 0.817. The lowest BCUT2D eigenvalue weighted by Gasteiger charge is -2.21. The van der Waals surface area contributed by atoms with Crippen LogP contribution >= 0.6 is 11.3 Å². The number of aryl methyl sites for hydroxylation is 1. The maximum absolute atomic E-state index is 12.5. The summed E-state index contributed by atoms with van der Waals surface area (Å²) in [5.41, 5.74) is 6.42. The number of hydrogen-bond acceptors (Lipinski definition) is 7. The number of nitrogens with one attached hydrogen (secondary N) is 1. The number of ether oxygens (including phenoxy) is 1. The van der Waals surface area contributed by atoms with Gasteiger partial charge in [0.25, 0.3) is 0 Å². The second-order valence-electron chi connectivity index (χ2n) is 5.84. The first kappa shape index (κ1) is 16.1. The van der Waals surface area contributed by atoms with Crippen LogP contribution in [-0.4, -0.2) is 35.1 Å². The third kappa shape index (κ3) is 3.45. The van der Waals surface area contributed by atoms with Crippen molar-refractivity contribution in [3.8, 4) is 0 Å². The molecule has 1 aliphatic rings. The average molecular weight is 334 g/mol. The molecule has 0 saturated heterocycles. The molecule has 0 atom stereocenters. The number of rotatable bonds is 5. The van der Waals surface area contributed by atoms with Crippen molar-refractivity contribution in [1.29, 1.82) is 0 Å². The van der Waals surface area contributed by atoms with E-state index in [-0.39, 0.29) is 12.1 Å². The summed E-state index contributed by atoms with van der Waals surface area (Å²) in [4.78, 5) is 22.5. The molecule has 2 aromatic heterocycles. The smallest absolute Gasteiger partial charge is 0.348 e. The van der Waals surface area contributed by atoms with E-state index >= 15 is 0 Å². The van der Waals surface area contributed by atoms with Gasteiger partial charge in [-0.1, -0.05) is 6.42 Å². The molecule has 0 aliphatic heterocycles. The fraction of sp³-hybridized carbons (Fsp3) is 0.562. The number of thiophene rings is 1. The van der Waals surface area contributed by atoms with Crippen LogP contribution in [0, 0.1) is 6.92 Å². The van der Waals surface area contributed by atoms with Crippen molar-refractivity contribution < 1.29 is 9.53 Å². The highest BCUT2D eigenvalue weighted by molar-refractivity contribution is 7.20. The molecular weight excluding hydrogens is 312 g/mol. The van der Waals surface area contributed by atoms with Crippen molar-refractivity contribution in [1.82, 2.24) is 9.97 Å². The summed E-state index contributed by atoms with van der Waals surface area (Å²) in [5, 5.41) is 4.08. The van der Waals surface area contributed by atoms with Gasteiger partial charge in [0.2, 0.25) is 0 Å². The maximum Gasteiger partial charge on any atom is 0.348 e. The van der Waals surface area contributed by atoms with E-state index < -0.39 is 0 Å². The third-order valence-electron chi connectivity index (χ3n) is 4.17. The minimum atomic E-state index is -0.234. The summed E-state index contributed by atoms with van der Waals surface area (Å²) in [6.07, 6.45) is 7.03. The number of nitrogens with two attached hydrogens (primary N) is 1. The zero-order valence-electron chi connectivity index (χ0n) is 13.3. The van der Waals surface area contributed by atoms with E-state index in [2.05, 4.69) is 15.3 Å². The van der Waals surface area contributed by atoms with Crippen molar-refractivity contribution in [2.45, 2.75) is 45.1 Å². The van der Waals surface area contributed by atoms with Crippen molar-refractivity contribution >= 4 is 33.3 Å². The van der Waals surface area contributed by atoms with Gasteiger partial charge in [-0.15, -0.1) is 11.3 Å². The van der Waals surface area contributed by atoms with Crippen molar-refractivity contribution in [2.24, 2.45) is 5.73 Å². The zero-order valence-corrected chi connectivity index (χ0v) is 14.1. The lowest BCUT2D eigenvalue weighted by Crippen LogP contribution is -2.20. The predicted octanol–water partition coefficient (Wildman–Crippen LogP) is 2.86. The lowest BCUT2D eigenvalue weighted by atomic mass is 9.98. The molecule has 1 aliphatic carbocycles. The first-order valence-corrected chi connectivity index (χ1v) is 8.91. The van der Waals surface area contributed by atoms with Gasteiger partial charge in [0.1, 0.15) is 28.0 Å². The number of esters is 1. The number of nitrogens with zero attached hydrogens (tertiary/aromatic N) is 2. The molecule has 2 heterocycles. The van der Waals surface area contributed by atoms with Gasteiger partial charge in [0.05, 0.1) is 5.39 Å². The second kappa shape index (κ2) is 7.23. The Kier molecular flexibility index (Phi) is 5.07. The summed E-state index contributed by atoms with van der Waals surface area (Å²) < 4.78 is 5.69. The van der Waals surface area contributed by atoms with E-state index in [9.17, 15) is 4.79 Å². The monoisotopic (exact) mass is 334 g/mol. The molecule has 0 bridgehead atoms. The van der Waals surface area contributed by atoms with Crippen LogP contribution in [0.25, 0.3) is 10.2 Å². The Labute approximate surface area is 139 Å². The fourth-order valence-corrected chi connectivity index (χ4v) is 4.01. The van der Waals surface area contributed by atoms with E-state index in [1.54, 1.807) is 0 Å². The van der Waals surface area contributed by atoms with Crippen molar-refractivity contribution in [3.63, 3.8) is 0 Å². The van der Waals surface area contributed by atoms with Gasteiger partial charge < -0.3 is 15.8 Å². The number of anilines is 1. The van der Waals surface area contributed by atoms with Crippen LogP contribution in [-0.2, 0) is 4.74 Å². The number of fused-ring (bicyclic) bond motifs is 1. The first-order chi connectivity index (χ1) is 11.2. The first-order valence-electron chi connectivity index (χ1n) is 8.09. The second-order valence-corrected chi connectivity index (χ2v) is 6.84. The third-order valence-corrected chi connectivity index (χ3v) is 5.35. The van der Waals surface area contributed by atoms with Crippen molar-refractivity contribution in [3.05, 3.63) is 16.8 Å². The Morgan fingerprint density at radius 3 is 2.91 bits per heavy atom. The molecular formula is C16H22N4O2S. The molecule has 6 nitrogen and oxygen atoms in total. The Morgan fingerprint density at radius 2 is 2.17 bits per heavy atom. The Morgan fingerprint density at radius 1 is 1.39 bits per heavy atom.